The molecular formula is C18H19ClF3NO3. The Morgan fingerprint density at radius 3 is 2.58 bits per heavy atom. The van der Waals surface area contributed by atoms with Crippen molar-refractivity contribution in [3.05, 3.63) is 40.4 Å². The van der Waals surface area contributed by atoms with Crippen LogP contribution in [-0.4, -0.2) is 24.0 Å². The van der Waals surface area contributed by atoms with E-state index >= 15 is 0 Å². The highest BCUT2D eigenvalue weighted by atomic mass is 35.5. The van der Waals surface area contributed by atoms with E-state index in [0.717, 1.165) is 43.9 Å². The van der Waals surface area contributed by atoms with Gasteiger partial charge in [-0.2, -0.15) is 13.2 Å². The van der Waals surface area contributed by atoms with E-state index in [4.69, 9.17) is 16.3 Å². The average Bonchev–Trinajstić information content (AvgIpc) is 3.05. The summed E-state index contributed by atoms with van der Waals surface area (Å²) >= 11 is 5.54. The second-order valence-electron chi connectivity index (χ2n) is 6.14. The Morgan fingerprint density at radius 2 is 1.96 bits per heavy atom. The first-order valence-corrected chi connectivity index (χ1v) is 8.60. The molecule has 1 fully saturated rings. The Morgan fingerprint density at radius 1 is 1.31 bits per heavy atom. The van der Waals surface area contributed by atoms with Crippen LogP contribution in [0.5, 0.6) is 0 Å². The van der Waals surface area contributed by atoms with Gasteiger partial charge in [-0.3, -0.25) is 4.79 Å². The molecule has 0 radical (unpaired) electrons. The van der Waals surface area contributed by atoms with Crippen LogP contribution in [0.1, 0.15) is 43.7 Å². The number of esters is 1. The van der Waals surface area contributed by atoms with E-state index in [1.54, 1.807) is 0 Å². The third-order valence-electron chi connectivity index (χ3n) is 4.07. The van der Waals surface area contributed by atoms with E-state index in [1.807, 2.05) is 0 Å². The molecule has 1 aliphatic rings. The quantitative estimate of drug-likeness (QED) is 0.601. The van der Waals surface area contributed by atoms with Crippen molar-refractivity contribution in [3.8, 4) is 0 Å². The lowest BCUT2D eigenvalue weighted by Crippen LogP contribution is -2.40. The fourth-order valence-electron chi connectivity index (χ4n) is 2.68. The zero-order chi connectivity index (χ0) is 19.3. The zero-order valence-electron chi connectivity index (χ0n) is 14.1. The molecule has 0 saturated heterocycles. The Labute approximate surface area is 154 Å². The average molecular weight is 390 g/mol. The van der Waals surface area contributed by atoms with E-state index < -0.39 is 28.8 Å². The first kappa shape index (κ1) is 20.3. The summed E-state index contributed by atoms with van der Waals surface area (Å²) in [6, 6.07) is 3.39. The van der Waals surface area contributed by atoms with Gasteiger partial charge < -0.3 is 10.1 Å². The lowest BCUT2D eigenvalue weighted by molar-refractivity contribution is -0.150. The first-order valence-electron chi connectivity index (χ1n) is 8.22. The molecule has 0 aromatic heterocycles. The lowest BCUT2D eigenvalue weighted by atomic mass is 10.1. The van der Waals surface area contributed by atoms with Gasteiger partial charge in [-0.25, -0.2) is 4.79 Å². The molecule has 4 nitrogen and oxygen atoms in total. The van der Waals surface area contributed by atoms with Crippen LogP contribution in [0.15, 0.2) is 24.3 Å². The van der Waals surface area contributed by atoms with Crippen molar-refractivity contribution in [1.29, 1.82) is 0 Å². The molecule has 0 aliphatic heterocycles. The SMILES string of the molecule is C[C@@H](OC(=O)/C=C/c1ccc(Cl)c(C(F)(F)F)c1)C(=O)NC1CCCC1. The van der Waals surface area contributed by atoms with Crippen LogP contribution in [-0.2, 0) is 20.5 Å². The third kappa shape index (κ3) is 5.76. The summed E-state index contributed by atoms with van der Waals surface area (Å²) in [6.07, 6.45) is 0.510. The van der Waals surface area contributed by atoms with Gasteiger partial charge >= 0.3 is 12.1 Å². The van der Waals surface area contributed by atoms with Crippen molar-refractivity contribution in [2.45, 2.75) is 50.9 Å². The van der Waals surface area contributed by atoms with Crippen LogP contribution in [0.3, 0.4) is 0 Å². The van der Waals surface area contributed by atoms with E-state index in [9.17, 15) is 22.8 Å². The van der Waals surface area contributed by atoms with Gasteiger partial charge in [0, 0.05) is 12.1 Å². The molecule has 1 aromatic carbocycles. The Hall–Kier alpha value is -2.02. The van der Waals surface area contributed by atoms with Gasteiger partial charge in [-0.1, -0.05) is 30.5 Å². The Kier molecular flexibility index (Phi) is 6.69. The molecule has 1 saturated carbocycles. The van der Waals surface area contributed by atoms with Crippen LogP contribution in [0.4, 0.5) is 13.2 Å². The molecule has 0 unspecified atom stereocenters. The predicted octanol–water partition coefficient (Wildman–Crippen LogP) is 4.36. The fraction of sp³-hybridized carbons (Fsp3) is 0.444. The standard InChI is InChI=1S/C18H19ClF3NO3/c1-11(17(25)23-13-4-2-3-5-13)26-16(24)9-7-12-6-8-15(19)14(10-12)18(20,21)22/h6-11,13H,2-5H2,1H3,(H,23,25)/b9-7+/t11-/m1/s1. The number of amides is 1. The summed E-state index contributed by atoms with van der Waals surface area (Å²) in [5.74, 6) is -1.20. The fourth-order valence-corrected chi connectivity index (χ4v) is 2.91. The van der Waals surface area contributed by atoms with Crippen molar-refractivity contribution in [2.75, 3.05) is 0 Å². The maximum absolute atomic E-state index is 12.8. The second-order valence-corrected chi connectivity index (χ2v) is 6.55. The molecule has 1 N–H and O–H groups in total. The number of alkyl halides is 3. The van der Waals surface area contributed by atoms with Gasteiger partial charge in [-0.15, -0.1) is 0 Å². The summed E-state index contributed by atoms with van der Waals surface area (Å²) in [5.41, 5.74) is -0.847. The Balaban J connectivity index is 1.93. The third-order valence-corrected chi connectivity index (χ3v) is 4.40. The number of nitrogens with one attached hydrogen (secondary N) is 1. The predicted molar refractivity (Wildman–Crippen MR) is 91.4 cm³/mol. The minimum absolute atomic E-state index is 0.106. The maximum atomic E-state index is 12.8. The second kappa shape index (κ2) is 8.58. The Bertz CT molecular complexity index is 697. The van der Waals surface area contributed by atoms with Crippen molar-refractivity contribution in [1.82, 2.24) is 5.32 Å². The van der Waals surface area contributed by atoms with Crippen molar-refractivity contribution in [2.24, 2.45) is 0 Å². The molecule has 26 heavy (non-hydrogen) atoms. The number of benzene rings is 1. The molecule has 0 heterocycles. The molecule has 1 aromatic rings. The largest absolute Gasteiger partial charge is 0.449 e. The topological polar surface area (TPSA) is 55.4 Å². The van der Waals surface area contributed by atoms with Crippen molar-refractivity contribution >= 4 is 29.6 Å². The highest BCUT2D eigenvalue weighted by Crippen LogP contribution is 2.35. The molecule has 2 rings (SSSR count). The molecular weight excluding hydrogens is 371 g/mol. The van der Waals surface area contributed by atoms with Gasteiger partial charge in [0.2, 0.25) is 0 Å². The summed E-state index contributed by atoms with van der Waals surface area (Å²) in [4.78, 5) is 23.7. The molecule has 142 valence electrons. The van der Waals surface area contributed by atoms with E-state index in [1.165, 1.54) is 19.1 Å². The highest BCUT2D eigenvalue weighted by Gasteiger charge is 2.33. The summed E-state index contributed by atoms with van der Waals surface area (Å²) in [6.45, 7) is 1.44. The number of ether oxygens (including phenoxy) is 1. The number of carbonyl (C=O) groups excluding carboxylic acids is 2. The van der Waals surface area contributed by atoms with E-state index in [2.05, 4.69) is 5.32 Å². The van der Waals surface area contributed by atoms with Crippen LogP contribution in [0, 0.1) is 0 Å². The van der Waals surface area contributed by atoms with Crippen molar-refractivity contribution < 1.29 is 27.5 Å². The summed E-state index contributed by atoms with van der Waals surface area (Å²) in [5, 5.41) is 2.39. The lowest BCUT2D eigenvalue weighted by Gasteiger charge is -2.16. The molecule has 1 aliphatic carbocycles. The highest BCUT2D eigenvalue weighted by molar-refractivity contribution is 6.31. The van der Waals surface area contributed by atoms with Gasteiger partial charge in [-0.05, 0) is 43.5 Å². The van der Waals surface area contributed by atoms with Gasteiger partial charge in [0.25, 0.3) is 5.91 Å². The summed E-state index contributed by atoms with van der Waals surface area (Å²) in [7, 11) is 0. The molecule has 8 heteroatoms. The minimum Gasteiger partial charge on any atom is -0.449 e. The number of hydrogen-bond donors (Lipinski definition) is 1. The summed E-state index contributed by atoms with van der Waals surface area (Å²) < 4.78 is 43.4. The number of rotatable bonds is 5. The molecule has 1 atom stereocenters. The zero-order valence-corrected chi connectivity index (χ0v) is 14.9. The minimum atomic E-state index is -4.59. The van der Waals surface area contributed by atoms with E-state index in [0.29, 0.717) is 0 Å². The van der Waals surface area contributed by atoms with Crippen molar-refractivity contribution in [3.63, 3.8) is 0 Å². The number of carbonyl (C=O) groups is 2. The number of halogens is 4. The van der Waals surface area contributed by atoms with Crippen LogP contribution < -0.4 is 5.32 Å². The smallest absolute Gasteiger partial charge is 0.417 e. The monoisotopic (exact) mass is 389 g/mol. The normalized spacial score (nSPS) is 16.7. The van der Waals surface area contributed by atoms with Gasteiger partial charge in [0.1, 0.15) is 0 Å². The molecule has 0 bridgehead atoms. The van der Waals surface area contributed by atoms with Crippen LogP contribution in [0.25, 0.3) is 6.08 Å². The molecule has 1 amide bonds. The van der Waals surface area contributed by atoms with Gasteiger partial charge in [0.15, 0.2) is 6.10 Å². The van der Waals surface area contributed by atoms with Crippen LogP contribution >= 0.6 is 11.6 Å². The maximum Gasteiger partial charge on any atom is 0.417 e. The first-order chi connectivity index (χ1) is 12.2. The van der Waals surface area contributed by atoms with Gasteiger partial charge in [0.05, 0.1) is 10.6 Å². The number of hydrogen-bond acceptors (Lipinski definition) is 3. The molecule has 0 spiro atoms. The van der Waals surface area contributed by atoms with E-state index in [-0.39, 0.29) is 17.5 Å². The van der Waals surface area contributed by atoms with Crippen LogP contribution in [0.2, 0.25) is 5.02 Å².